The zero-order valence-electron chi connectivity index (χ0n) is 16.4. The zero-order chi connectivity index (χ0) is 21.7. The number of ether oxygens (including phenoxy) is 1. The molecule has 0 bridgehead atoms. The molecule has 0 fully saturated rings. The van der Waals surface area contributed by atoms with E-state index in [-0.39, 0.29) is 11.5 Å². The number of nitrogens with one attached hydrogen (secondary N) is 2. The minimum Gasteiger partial charge on any atom is -0.457 e. The first kappa shape index (κ1) is 21.1. The topological polar surface area (TPSA) is 84.5 Å². The van der Waals surface area contributed by atoms with Gasteiger partial charge in [-0.05, 0) is 60.7 Å². The van der Waals surface area contributed by atoms with Crippen LogP contribution in [0.5, 0.6) is 11.5 Å². The van der Waals surface area contributed by atoms with Gasteiger partial charge < -0.3 is 10.1 Å². The van der Waals surface area contributed by atoms with Crippen molar-refractivity contribution in [2.75, 3.05) is 5.32 Å². The van der Waals surface area contributed by atoms with Crippen LogP contribution in [-0.4, -0.2) is 17.7 Å². The molecule has 0 aliphatic carbocycles. The molecule has 0 saturated carbocycles. The average molecular weight is 423 g/mol. The standard InChI is InChI=1S/C21H13ClN2O4.C2H6/c22-13-3-1-2-12(10-13)19(25)23-14-4-6-15(7-5-14)28-16-8-9-17-18(11-16)21(27)24-20(17)26;1-2/h1-11H,(H,23,25)(H,24,26,27);1-2H3. The van der Waals surface area contributed by atoms with Crippen LogP contribution in [0.15, 0.2) is 66.7 Å². The van der Waals surface area contributed by atoms with Crippen LogP contribution in [0.1, 0.15) is 44.9 Å². The molecule has 30 heavy (non-hydrogen) atoms. The van der Waals surface area contributed by atoms with Crippen molar-refractivity contribution in [2.24, 2.45) is 0 Å². The van der Waals surface area contributed by atoms with Crippen molar-refractivity contribution in [3.8, 4) is 11.5 Å². The van der Waals surface area contributed by atoms with Gasteiger partial charge in [0.25, 0.3) is 17.7 Å². The van der Waals surface area contributed by atoms with Crippen LogP contribution in [0.4, 0.5) is 5.69 Å². The van der Waals surface area contributed by atoms with Crippen molar-refractivity contribution in [1.82, 2.24) is 5.32 Å². The summed E-state index contributed by atoms with van der Waals surface area (Å²) in [6.07, 6.45) is 0. The van der Waals surface area contributed by atoms with E-state index in [1.54, 1.807) is 60.7 Å². The summed E-state index contributed by atoms with van der Waals surface area (Å²) in [6, 6.07) is 18.1. The summed E-state index contributed by atoms with van der Waals surface area (Å²) < 4.78 is 5.73. The second kappa shape index (κ2) is 9.24. The highest BCUT2D eigenvalue weighted by atomic mass is 35.5. The molecule has 0 saturated heterocycles. The molecule has 4 rings (SSSR count). The Morgan fingerprint density at radius 2 is 1.53 bits per heavy atom. The Morgan fingerprint density at radius 1 is 0.867 bits per heavy atom. The maximum absolute atomic E-state index is 12.2. The number of carbonyl (C=O) groups excluding carboxylic acids is 3. The summed E-state index contributed by atoms with van der Waals surface area (Å²) in [7, 11) is 0. The molecule has 3 aromatic rings. The van der Waals surface area contributed by atoms with Crippen LogP contribution in [0.3, 0.4) is 0 Å². The fourth-order valence-electron chi connectivity index (χ4n) is 2.79. The summed E-state index contributed by atoms with van der Waals surface area (Å²) in [5.74, 6) is -0.175. The van der Waals surface area contributed by atoms with Gasteiger partial charge >= 0.3 is 0 Å². The summed E-state index contributed by atoms with van der Waals surface area (Å²) in [6.45, 7) is 4.00. The maximum Gasteiger partial charge on any atom is 0.259 e. The van der Waals surface area contributed by atoms with Crippen molar-refractivity contribution in [2.45, 2.75) is 13.8 Å². The third kappa shape index (κ3) is 4.67. The molecule has 1 aliphatic rings. The van der Waals surface area contributed by atoms with Crippen LogP contribution in [-0.2, 0) is 0 Å². The first-order chi connectivity index (χ1) is 14.5. The smallest absolute Gasteiger partial charge is 0.259 e. The number of hydrogen-bond donors (Lipinski definition) is 2. The second-order valence-corrected chi connectivity index (χ2v) is 6.52. The third-order valence-corrected chi connectivity index (χ3v) is 4.38. The van der Waals surface area contributed by atoms with E-state index in [2.05, 4.69) is 10.6 Å². The molecule has 0 atom stereocenters. The molecule has 1 heterocycles. The van der Waals surface area contributed by atoms with E-state index in [4.69, 9.17) is 16.3 Å². The summed E-state index contributed by atoms with van der Waals surface area (Å²) in [5, 5.41) is 5.50. The van der Waals surface area contributed by atoms with Crippen LogP contribution < -0.4 is 15.4 Å². The van der Waals surface area contributed by atoms with Crippen LogP contribution in [0.2, 0.25) is 5.02 Å². The number of rotatable bonds is 4. The van der Waals surface area contributed by atoms with Gasteiger partial charge in [0.05, 0.1) is 11.1 Å². The summed E-state index contributed by atoms with van der Waals surface area (Å²) in [5.41, 5.74) is 1.67. The second-order valence-electron chi connectivity index (χ2n) is 6.08. The molecule has 0 aromatic heterocycles. The largest absolute Gasteiger partial charge is 0.457 e. The Kier molecular flexibility index (Phi) is 6.49. The lowest BCUT2D eigenvalue weighted by molar-refractivity contribution is 0.0878. The molecule has 3 amide bonds. The van der Waals surface area contributed by atoms with Crippen molar-refractivity contribution >= 4 is 35.0 Å². The predicted molar refractivity (Wildman–Crippen MR) is 116 cm³/mol. The van der Waals surface area contributed by atoms with Crippen LogP contribution in [0, 0.1) is 0 Å². The van der Waals surface area contributed by atoms with Gasteiger partial charge in [0, 0.05) is 16.3 Å². The highest BCUT2D eigenvalue weighted by molar-refractivity contribution is 6.31. The number of hydrogen-bond acceptors (Lipinski definition) is 4. The van der Waals surface area contributed by atoms with Gasteiger partial charge in [0.1, 0.15) is 11.5 Å². The van der Waals surface area contributed by atoms with E-state index in [0.29, 0.717) is 33.3 Å². The Bertz CT molecular complexity index is 1110. The van der Waals surface area contributed by atoms with E-state index in [9.17, 15) is 14.4 Å². The number of halogens is 1. The minimum absolute atomic E-state index is 0.273. The molecular weight excluding hydrogens is 404 g/mol. The van der Waals surface area contributed by atoms with Crippen molar-refractivity contribution < 1.29 is 19.1 Å². The normalized spacial score (nSPS) is 11.7. The molecule has 152 valence electrons. The van der Waals surface area contributed by atoms with Gasteiger partial charge in [-0.15, -0.1) is 0 Å². The van der Waals surface area contributed by atoms with Crippen LogP contribution >= 0.6 is 11.6 Å². The monoisotopic (exact) mass is 422 g/mol. The lowest BCUT2D eigenvalue weighted by Gasteiger charge is -2.09. The van der Waals surface area contributed by atoms with Gasteiger partial charge in [-0.25, -0.2) is 0 Å². The van der Waals surface area contributed by atoms with E-state index in [1.807, 2.05) is 13.8 Å². The van der Waals surface area contributed by atoms with Crippen molar-refractivity contribution in [3.63, 3.8) is 0 Å². The number of carbonyl (C=O) groups is 3. The van der Waals surface area contributed by atoms with E-state index in [0.717, 1.165) is 0 Å². The summed E-state index contributed by atoms with van der Waals surface area (Å²) >= 11 is 5.90. The fraction of sp³-hybridized carbons (Fsp3) is 0.0870. The number of amides is 3. The van der Waals surface area contributed by atoms with Crippen molar-refractivity contribution in [1.29, 1.82) is 0 Å². The third-order valence-electron chi connectivity index (χ3n) is 4.14. The van der Waals surface area contributed by atoms with Gasteiger partial charge in [0.2, 0.25) is 0 Å². The molecule has 1 aliphatic heterocycles. The predicted octanol–water partition coefficient (Wildman–Crippen LogP) is 5.29. The lowest BCUT2D eigenvalue weighted by atomic mass is 10.1. The Labute approximate surface area is 178 Å². The molecule has 6 nitrogen and oxygen atoms in total. The van der Waals surface area contributed by atoms with Crippen LogP contribution in [0.25, 0.3) is 0 Å². The van der Waals surface area contributed by atoms with Gasteiger partial charge in [-0.1, -0.05) is 31.5 Å². The number of imide groups is 1. The number of fused-ring (bicyclic) bond motifs is 1. The number of anilines is 1. The van der Waals surface area contributed by atoms with Gasteiger partial charge in [-0.3, -0.25) is 19.7 Å². The molecule has 3 aromatic carbocycles. The first-order valence-corrected chi connectivity index (χ1v) is 9.72. The maximum atomic E-state index is 12.2. The van der Waals surface area contributed by atoms with E-state index >= 15 is 0 Å². The van der Waals surface area contributed by atoms with Crippen molar-refractivity contribution in [3.05, 3.63) is 88.4 Å². The Hall–Kier alpha value is -3.64. The zero-order valence-corrected chi connectivity index (χ0v) is 17.1. The van der Waals surface area contributed by atoms with E-state index in [1.165, 1.54) is 6.07 Å². The van der Waals surface area contributed by atoms with Gasteiger partial charge in [-0.2, -0.15) is 0 Å². The number of benzene rings is 3. The average Bonchev–Trinajstić information content (AvgIpc) is 3.04. The van der Waals surface area contributed by atoms with Gasteiger partial charge in [0.15, 0.2) is 0 Å². The molecule has 7 heteroatoms. The fourth-order valence-corrected chi connectivity index (χ4v) is 2.98. The molecule has 0 radical (unpaired) electrons. The van der Waals surface area contributed by atoms with E-state index < -0.39 is 11.8 Å². The quantitative estimate of drug-likeness (QED) is 0.559. The lowest BCUT2D eigenvalue weighted by Crippen LogP contribution is -2.19. The summed E-state index contributed by atoms with van der Waals surface area (Å²) in [4.78, 5) is 35.5. The highest BCUT2D eigenvalue weighted by Gasteiger charge is 2.26. The Balaban J connectivity index is 0.00000124. The molecule has 0 spiro atoms. The Morgan fingerprint density at radius 3 is 2.23 bits per heavy atom. The molecule has 0 unspecified atom stereocenters. The highest BCUT2D eigenvalue weighted by Crippen LogP contribution is 2.27. The molecular formula is C23H19ClN2O4. The minimum atomic E-state index is -0.440. The molecule has 2 N–H and O–H groups in total. The SMILES string of the molecule is CC.O=C(Nc1ccc(Oc2ccc3c(c2)C(=O)NC3=O)cc1)c1cccc(Cl)c1. The first-order valence-electron chi connectivity index (χ1n) is 9.34.